The third kappa shape index (κ3) is 2.51. The van der Waals surface area contributed by atoms with Gasteiger partial charge in [0.1, 0.15) is 12.3 Å². The average Bonchev–Trinajstić information content (AvgIpc) is 2.13. The topological polar surface area (TPSA) is 30.7 Å². The lowest BCUT2D eigenvalue weighted by Gasteiger charge is -2.33. The Bertz CT molecular complexity index is 182. The van der Waals surface area contributed by atoms with Gasteiger partial charge in [-0.1, -0.05) is 0 Å². The van der Waals surface area contributed by atoms with Crippen LogP contribution in [0.3, 0.4) is 0 Å². The Morgan fingerprint density at radius 1 is 1.54 bits per heavy atom. The summed E-state index contributed by atoms with van der Waals surface area (Å²) < 4.78 is 5.05. The monoisotopic (exact) mass is 186 g/mol. The van der Waals surface area contributed by atoms with Crippen LogP contribution < -0.4 is 4.90 Å². The van der Waals surface area contributed by atoms with E-state index in [1.807, 2.05) is 6.92 Å². The van der Waals surface area contributed by atoms with Crippen LogP contribution in [-0.4, -0.2) is 38.6 Å². The Balaban J connectivity index is 2.44. The number of rotatable bonds is 3. The first-order chi connectivity index (χ1) is 6.16. The molecule has 13 heavy (non-hydrogen) atoms. The average molecular weight is 186 g/mol. The number of carbonyl (C=O) groups is 1. The van der Waals surface area contributed by atoms with Crippen molar-refractivity contribution in [3.63, 3.8) is 0 Å². The molecule has 1 heterocycles. The number of quaternary nitrogens is 1. The first-order valence-corrected chi connectivity index (χ1v) is 5.03. The number of likely N-dealkylation sites (tertiary alicyclic amines) is 1. The molecular formula is C10H20NO2+. The number of ketones is 1. The van der Waals surface area contributed by atoms with Crippen LogP contribution in [0.15, 0.2) is 0 Å². The van der Waals surface area contributed by atoms with Crippen molar-refractivity contribution in [2.45, 2.75) is 26.3 Å². The highest BCUT2D eigenvalue weighted by Gasteiger charge is 2.33. The Morgan fingerprint density at radius 2 is 2.23 bits per heavy atom. The van der Waals surface area contributed by atoms with Crippen LogP contribution in [0, 0.1) is 5.92 Å². The van der Waals surface area contributed by atoms with Crippen LogP contribution in [0.25, 0.3) is 0 Å². The van der Waals surface area contributed by atoms with Gasteiger partial charge in [-0.15, -0.1) is 0 Å². The molecule has 1 aliphatic rings. The van der Waals surface area contributed by atoms with Crippen LogP contribution in [0.1, 0.15) is 20.3 Å². The second-order valence-electron chi connectivity index (χ2n) is 3.94. The summed E-state index contributed by atoms with van der Waals surface area (Å²) in [5.41, 5.74) is 0. The normalized spacial score (nSPS) is 35.0. The number of carbonyl (C=O) groups excluding carboxylic acids is 1. The van der Waals surface area contributed by atoms with Gasteiger partial charge >= 0.3 is 0 Å². The Kier molecular flexibility index (Phi) is 3.88. The maximum Gasteiger partial charge on any atom is 0.147 e. The highest BCUT2D eigenvalue weighted by atomic mass is 16.5. The van der Waals surface area contributed by atoms with E-state index in [2.05, 4.69) is 6.92 Å². The van der Waals surface area contributed by atoms with E-state index in [4.69, 9.17) is 4.74 Å². The van der Waals surface area contributed by atoms with E-state index < -0.39 is 0 Å². The fourth-order valence-electron chi connectivity index (χ4n) is 1.96. The molecule has 3 heteroatoms. The van der Waals surface area contributed by atoms with Crippen molar-refractivity contribution < 1.29 is 14.4 Å². The molecule has 0 spiro atoms. The summed E-state index contributed by atoms with van der Waals surface area (Å²) in [6, 6.07) is 0.455. The summed E-state index contributed by atoms with van der Waals surface area (Å²) in [6.45, 7) is 7.00. The number of methoxy groups -OCH3 is 1. The first-order valence-electron chi connectivity index (χ1n) is 5.03. The molecule has 0 aromatic heterocycles. The van der Waals surface area contributed by atoms with Crippen molar-refractivity contribution in [2.24, 2.45) is 5.92 Å². The Hall–Kier alpha value is -0.410. The molecule has 1 fully saturated rings. The Morgan fingerprint density at radius 3 is 2.85 bits per heavy atom. The summed E-state index contributed by atoms with van der Waals surface area (Å²) in [5, 5.41) is 0. The van der Waals surface area contributed by atoms with Crippen LogP contribution in [-0.2, 0) is 9.53 Å². The number of ether oxygens (including phenoxy) is 1. The standard InChI is InChI=1S/C10H19NO2/c1-8-9(2)11(6-7-13-3)5-4-10(8)12/h8-9H,4-7H2,1-3H3/p+1/t8-,9-/m1/s1. The number of hydrogen-bond acceptors (Lipinski definition) is 2. The van der Waals surface area contributed by atoms with E-state index in [1.54, 1.807) is 7.11 Å². The zero-order valence-corrected chi connectivity index (χ0v) is 8.80. The van der Waals surface area contributed by atoms with Crippen LogP contribution in [0.4, 0.5) is 0 Å². The molecule has 3 nitrogen and oxygen atoms in total. The van der Waals surface area contributed by atoms with Crippen molar-refractivity contribution >= 4 is 5.78 Å². The van der Waals surface area contributed by atoms with Crippen molar-refractivity contribution in [3.05, 3.63) is 0 Å². The SMILES string of the molecule is COCC[NH+]1CCC(=O)[C@H](C)[C@H]1C. The molecule has 1 rings (SSSR count). The van der Waals surface area contributed by atoms with E-state index in [1.165, 1.54) is 4.90 Å². The van der Waals surface area contributed by atoms with Gasteiger partial charge in [-0.2, -0.15) is 0 Å². The van der Waals surface area contributed by atoms with E-state index in [0.29, 0.717) is 11.8 Å². The van der Waals surface area contributed by atoms with E-state index in [-0.39, 0.29) is 5.92 Å². The quantitative estimate of drug-likeness (QED) is 0.645. The first kappa shape index (κ1) is 10.7. The molecule has 0 aromatic carbocycles. The molecule has 1 aliphatic heterocycles. The van der Waals surface area contributed by atoms with Crippen LogP contribution in [0.5, 0.6) is 0 Å². The minimum atomic E-state index is 0.223. The van der Waals surface area contributed by atoms with Crippen molar-refractivity contribution in [2.75, 3.05) is 26.8 Å². The number of hydrogen-bond donors (Lipinski definition) is 1. The maximum absolute atomic E-state index is 11.4. The second kappa shape index (κ2) is 4.72. The molecule has 76 valence electrons. The van der Waals surface area contributed by atoms with Gasteiger partial charge in [-0.25, -0.2) is 0 Å². The molecule has 0 saturated carbocycles. The zero-order valence-electron chi connectivity index (χ0n) is 8.80. The van der Waals surface area contributed by atoms with Crippen LogP contribution in [0.2, 0.25) is 0 Å². The fourth-order valence-corrected chi connectivity index (χ4v) is 1.96. The lowest BCUT2D eigenvalue weighted by molar-refractivity contribution is -0.928. The molecule has 1 saturated heterocycles. The number of piperidine rings is 1. The van der Waals surface area contributed by atoms with Gasteiger partial charge in [0.15, 0.2) is 0 Å². The van der Waals surface area contributed by atoms with Crippen molar-refractivity contribution in [1.82, 2.24) is 0 Å². The molecule has 1 N–H and O–H groups in total. The predicted molar refractivity (Wildman–Crippen MR) is 50.8 cm³/mol. The third-order valence-corrected chi connectivity index (χ3v) is 3.22. The van der Waals surface area contributed by atoms with E-state index >= 15 is 0 Å². The summed E-state index contributed by atoms with van der Waals surface area (Å²) in [4.78, 5) is 12.9. The lowest BCUT2D eigenvalue weighted by Crippen LogP contribution is -3.17. The van der Waals surface area contributed by atoms with E-state index in [0.717, 1.165) is 26.1 Å². The molecule has 0 bridgehead atoms. The Labute approximate surface area is 80.1 Å². The zero-order chi connectivity index (χ0) is 9.84. The van der Waals surface area contributed by atoms with Gasteiger partial charge in [-0.3, -0.25) is 4.79 Å². The molecule has 1 unspecified atom stereocenters. The van der Waals surface area contributed by atoms with E-state index in [9.17, 15) is 4.79 Å². The predicted octanol–water partition coefficient (Wildman–Crippen LogP) is -0.485. The highest BCUT2D eigenvalue weighted by molar-refractivity contribution is 5.81. The van der Waals surface area contributed by atoms with Gasteiger partial charge < -0.3 is 9.64 Å². The fraction of sp³-hybridized carbons (Fsp3) is 0.900. The molecule has 0 radical (unpaired) electrons. The summed E-state index contributed by atoms with van der Waals surface area (Å²) in [6.07, 6.45) is 0.741. The largest absolute Gasteiger partial charge is 0.379 e. The molecule has 0 amide bonds. The van der Waals surface area contributed by atoms with Crippen molar-refractivity contribution in [3.8, 4) is 0 Å². The highest BCUT2D eigenvalue weighted by Crippen LogP contribution is 2.07. The molecule has 0 aliphatic carbocycles. The summed E-state index contributed by atoms with van der Waals surface area (Å²) >= 11 is 0. The second-order valence-corrected chi connectivity index (χ2v) is 3.94. The maximum atomic E-state index is 11.4. The van der Waals surface area contributed by atoms with Crippen molar-refractivity contribution in [1.29, 1.82) is 0 Å². The smallest absolute Gasteiger partial charge is 0.147 e. The van der Waals surface area contributed by atoms with Crippen LogP contribution >= 0.6 is 0 Å². The number of Topliss-reactive ketones (excluding diaryl/α,β-unsaturated/α-hetero) is 1. The summed E-state index contributed by atoms with van der Waals surface area (Å²) in [7, 11) is 1.72. The van der Waals surface area contributed by atoms with Gasteiger partial charge in [0.2, 0.25) is 0 Å². The van der Waals surface area contributed by atoms with Gasteiger partial charge in [0.05, 0.1) is 31.5 Å². The summed E-state index contributed by atoms with van der Waals surface area (Å²) in [5.74, 6) is 0.647. The number of nitrogens with one attached hydrogen (secondary N) is 1. The van der Waals surface area contributed by atoms with Gasteiger partial charge in [-0.05, 0) is 13.8 Å². The third-order valence-electron chi connectivity index (χ3n) is 3.22. The molecule has 0 aromatic rings. The van der Waals surface area contributed by atoms with Gasteiger partial charge in [0, 0.05) is 7.11 Å². The van der Waals surface area contributed by atoms with Gasteiger partial charge in [0.25, 0.3) is 0 Å². The lowest BCUT2D eigenvalue weighted by atomic mass is 9.91. The molecule has 3 atom stereocenters. The minimum Gasteiger partial charge on any atom is -0.379 e. The minimum absolute atomic E-state index is 0.223. The molecular weight excluding hydrogens is 166 g/mol.